The predicted octanol–water partition coefficient (Wildman–Crippen LogP) is 2.82. The van der Waals surface area contributed by atoms with Gasteiger partial charge in [-0.1, -0.05) is 32.0 Å². The molecule has 0 unspecified atom stereocenters. The van der Waals surface area contributed by atoms with Gasteiger partial charge in [0.2, 0.25) is 11.8 Å². The summed E-state index contributed by atoms with van der Waals surface area (Å²) >= 11 is 0. The fourth-order valence-corrected chi connectivity index (χ4v) is 2.41. The molecule has 1 aromatic rings. The van der Waals surface area contributed by atoms with Crippen LogP contribution in [-0.4, -0.2) is 24.9 Å². The lowest BCUT2D eigenvalue weighted by Gasteiger charge is -2.25. The molecule has 4 heteroatoms. The van der Waals surface area contributed by atoms with Crippen molar-refractivity contribution in [2.45, 2.75) is 41.0 Å². The summed E-state index contributed by atoms with van der Waals surface area (Å²) in [6, 6.07) is 5.97. The summed E-state index contributed by atoms with van der Waals surface area (Å²) in [5.74, 6) is 0.369. The van der Waals surface area contributed by atoms with Crippen LogP contribution in [0.3, 0.4) is 0 Å². The molecule has 21 heavy (non-hydrogen) atoms. The molecule has 0 fully saturated rings. The van der Waals surface area contributed by atoms with Gasteiger partial charge >= 0.3 is 0 Å². The van der Waals surface area contributed by atoms with E-state index in [2.05, 4.69) is 5.32 Å². The number of hydrogen-bond acceptors (Lipinski definition) is 2. The molecule has 0 atom stereocenters. The fraction of sp³-hybridized carbons (Fsp3) is 0.529. The zero-order chi connectivity index (χ0) is 16.0. The summed E-state index contributed by atoms with van der Waals surface area (Å²) in [6.45, 7) is 10.5. The van der Waals surface area contributed by atoms with Crippen LogP contribution in [0.25, 0.3) is 0 Å². The lowest BCUT2D eigenvalue weighted by Crippen LogP contribution is -2.38. The van der Waals surface area contributed by atoms with E-state index in [0.717, 1.165) is 16.8 Å². The second-order valence-electron chi connectivity index (χ2n) is 5.86. The first-order valence-corrected chi connectivity index (χ1v) is 7.44. The molecule has 0 aliphatic heterocycles. The Bertz CT molecular complexity index is 489. The first kappa shape index (κ1) is 17.2. The summed E-state index contributed by atoms with van der Waals surface area (Å²) in [4.78, 5) is 25.3. The maximum absolute atomic E-state index is 11.9. The summed E-state index contributed by atoms with van der Waals surface area (Å²) < 4.78 is 0. The molecule has 116 valence electrons. The van der Waals surface area contributed by atoms with Gasteiger partial charge in [-0.15, -0.1) is 0 Å². The normalized spacial score (nSPS) is 10.6. The Labute approximate surface area is 127 Å². The quantitative estimate of drug-likeness (QED) is 0.876. The molecule has 0 aromatic heterocycles. The molecule has 0 saturated carbocycles. The summed E-state index contributed by atoms with van der Waals surface area (Å²) in [6.07, 6.45) is 0.517. The first-order valence-electron chi connectivity index (χ1n) is 7.44. The van der Waals surface area contributed by atoms with E-state index >= 15 is 0 Å². The third kappa shape index (κ3) is 5.21. The number of benzene rings is 1. The molecular formula is C17H26N2O2. The van der Waals surface area contributed by atoms with Crippen molar-refractivity contribution in [1.29, 1.82) is 0 Å². The van der Waals surface area contributed by atoms with Crippen LogP contribution < -0.4 is 10.2 Å². The van der Waals surface area contributed by atoms with Crippen molar-refractivity contribution in [3.8, 4) is 0 Å². The molecule has 4 nitrogen and oxygen atoms in total. The first-order chi connectivity index (χ1) is 9.82. The fourth-order valence-electron chi connectivity index (χ4n) is 2.41. The van der Waals surface area contributed by atoms with Crippen molar-refractivity contribution in [2.75, 3.05) is 18.0 Å². The van der Waals surface area contributed by atoms with Gasteiger partial charge < -0.3 is 10.2 Å². The zero-order valence-corrected chi connectivity index (χ0v) is 13.7. The largest absolute Gasteiger partial charge is 0.354 e. The average Bonchev–Trinajstić information content (AvgIpc) is 2.35. The average molecular weight is 290 g/mol. The number of amides is 2. The third-order valence-electron chi connectivity index (χ3n) is 3.34. The maximum Gasteiger partial charge on any atom is 0.223 e. The number of carbonyl (C=O) groups excluding carboxylic acids is 2. The van der Waals surface area contributed by atoms with Gasteiger partial charge in [-0.2, -0.15) is 0 Å². The number of carbonyl (C=O) groups is 2. The number of nitrogens with zero attached hydrogens (tertiary/aromatic N) is 1. The van der Waals surface area contributed by atoms with Gasteiger partial charge in [-0.25, -0.2) is 0 Å². The monoisotopic (exact) mass is 290 g/mol. The molecular weight excluding hydrogens is 264 g/mol. The van der Waals surface area contributed by atoms with Crippen molar-refractivity contribution < 1.29 is 9.59 Å². The van der Waals surface area contributed by atoms with Crippen molar-refractivity contribution in [3.63, 3.8) is 0 Å². The van der Waals surface area contributed by atoms with E-state index in [1.807, 2.05) is 45.9 Å². The van der Waals surface area contributed by atoms with E-state index in [-0.39, 0.29) is 11.8 Å². The second kappa shape index (κ2) is 7.81. The molecule has 1 aromatic carbocycles. The molecule has 1 N–H and O–H groups in total. The molecule has 0 saturated heterocycles. The molecule has 0 radical (unpaired) electrons. The van der Waals surface area contributed by atoms with Crippen LogP contribution in [0, 0.1) is 19.8 Å². The van der Waals surface area contributed by atoms with Crippen LogP contribution in [0.2, 0.25) is 0 Å². The van der Waals surface area contributed by atoms with Crippen LogP contribution in [0.1, 0.15) is 38.3 Å². The van der Waals surface area contributed by atoms with Gasteiger partial charge in [0.25, 0.3) is 0 Å². The molecule has 1 rings (SSSR count). The van der Waals surface area contributed by atoms with Gasteiger partial charge in [0.05, 0.1) is 0 Å². The van der Waals surface area contributed by atoms with E-state index < -0.39 is 0 Å². The van der Waals surface area contributed by atoms with Gasteiger partial charge in [-0.3, -0.25) is 9.59 Å². The minimum Gasteiger partial charge on any atom is -0.354 e. The third-order valence-corrected chi connectivity index (χ3v) is 3.34. The van der Waals surface area contributed by atoms with Crippen LogP contribution in [0.15, 0.2) is 18.2 Å². The lowest BCUT2D eigenvalue weighted by molar-refractivity contribution is -0.122. The SMILES string of the molecule is CC(=O)N(CCNC(=O)CC(C)C)c1c(C)cccc1C. The minimum absolute atomic E-state index is 0.00879. The molecule has 0 aliphatic carbocycles. The summed E-state index contributed by atoms with van der Waals surface area (Å²) in [5.41, 5.74) is 3.08. The number of rotatable bonds is 6. The van der Waals surface area contributed by atoms with Crippen LogP contribution in [0.5, 0.6) is 0 Å². The number of hydrogen-bond donors (Lipinski definition) is 1. The molecule has 0 heterocycles. The Hall–Kier alpha value is -1.84. The van der Waals surface area contributed by atoms with Crippen molar-refractivity contribution >= 4 is 17.5 Å². The molecule has 2 amide bonds. The minimum atomic E-state index is -0.00879. The highest BCUT2D eigenvalue weighted by Crippen LogP contribution is 2.24. The number of nitrogens with one attached hydrogen (secondary N) is 1. The predicted molar refractivity (Wildman–Crippen MR) is 86.4 cm³/mol. The Morgan fingerprint density at radius 2 is 1.76 bits per heavy atom. The Balaban J connectivity index is 2.72. The Morgan fingerprint density at radius 3 is 2.24 bits per heavy atom. The highest BCUT2D eigenvalue weighted by atomic mass is 16.2. The second-order valence-corrected chi connectivity index (χ2v) is 5.86. The van der Waals surface area contributed by atoms with Crippen molar-refractivity contribution in [1.82, 2.24) is 5.32 Å². The van der Waals surface area contributed by atoms with E-state index in [0.29, 0.717) is 25.4 Å². The van der Waals surface area contributed by atoms with Gasteiger partial charge in [-0.05, 0) is 30.9 Å². The highest BCUT2D eigenvalue weighted by molar-refractivity contribution is 5.93. The molecule has 0 aliphatic rings. The van der Waals surface area contributed by atoms with Gasteiger partial charge in [0.15, 0.2) is 0 Å². The van der Waals surface area contributed by atoms with Crippen LogP contribution >= 0.6 is 0 Å². The van der Waals surface area contributed by atoms with Gasteiger partial charge in [0, 0.05) is 32.1 Å². The lowest BCUT2D eigenvalue weighted by atomic mass is 10.1. The topological polar surface area (TPSA) is 49.4 Å². The molecule has 0 bridgehead atoms. The van der Waals surface area contributed by atoms with Crippen molar-refractivity contribution in [3.05, 3.63) is 29.3 Å². The number of anilines is 1. The van der Waals surface area contributed by atoms with Crippen LogP contribution in [0.4, 0.5) is 5.69 Å². The van der Waals surface area contributed by atoms with E-state index in [4.69, 9.17) is 0 Å². The van der Waals surface area contributed by atoms with Gasteiger partial charge in [0.1, 0.15) is 0 Å². The maximum atomic E-state index is 11.9. The Morgan fingerprint density at radius 1 is 1.19 bits per heavy atom. The van der Waals surface area contributed by atoms with Crippen molar-refractivity contribution in [2.24, 2.45) is 5.92 Å². The zero-order valence-electron chi connectivity index (χ0n) is 13.7. The molecule has 0 spiro atoms. The summed E-state index contributed by atoms with van der Waals surface area (Å²) in [7, 11) is 0. The van der Waals surface area contributed by atoms with E-state index in [1.165, 1.54) is 0 Å². The number of aryl methyl sites for hydroxylation is 2. The standard InChI is InChI=1S/C17H26N2O2/c1-12(2)11-16(21)18-9-10-19(15(5)20)17-13(3)7-6-8-14(17)4/h6-8,12H,9-11H2,1-5H3,(H,18,21). The van der Waals surface area contributed by atoms with Crippen LogP contribution in [-0.2, 0) is 9.59 Å². The summed E-state index contributed by atoms with van der Waals surface area (Å²) in [5, 5.41) is 2.88. The smallest absolute Gasteiger partial charge is 0.223 e. The van der Waals surface area contributed by atoms with E-state index in [1.54, 1.807) is 11.8 Å². The number of para-hydroxylation sites is 1. The van der Waals surface area contributed by atoms with E-state index in [9.17, 15) is 9.59 Å². The Kier molecular flexibility index (Phi) is 6.40. The highest BCUT2D eigenvalue weighted by Gasteiger charge is 2.16.